The van der Waals surface area contributed by atoms with E-state index in [0.29, 0.717) is 0 Å². The molecule has 0 saturated carbocycles. The van der Waals surface area contributed by atoms with Gasteiger partial charge >= 0.3 is 12.4 Å². The van der Waals surface area contributed by atoms with E-state index in [1.807, 2.05) is 0 Å². The van der Waals surface area contributed by atoms with Crippen LogP contribution in [-0.4, -0.2) is 15.8 Å². The van der Waals surface area contributed by atoms with Gasteiger partial charge < -0.3 is 0 Å². The molecule has 2 atom stereocenters. The molecule has 0 radical (unpaired) electrons. The van der Waals surface area contributed by atoms with Crippen LogP contribution in [0.4, 0.5) is 26.3 Å². The summed E-state index contributed by atoms with van der Waals surface area (Å²) in [7, 11) is 0. The molecular formula is C10H13F6I. The molecule has 0 aliphatic carbocycles. The van der Waals surface area contributed by atoms with Gasteiger partial charge in [-0.15, -0.1) is 6.58 Å². The molecule has 2 unspecified atom stereocenters. The number of rotatable bonds is 5. The third-order valence-electron chi connectivity index (χ3n) is 2.55. The number of hydrogen-bond acceptors (Lipinski definition) is 0. The second-order valence-corrected chi connectivity index (χ2v) is 5.85. The predicted octanol–water partition coefficient (Wildman–Crippen LogP) is 5.28. The van der Waals surface area contributed by atoms with Crippen molar-refractivity contribution in [2.75, 3.05) is 0 Å². The Bertz CT molecular complexity index is 257. The zero-order chi connectivity index (χ0) is 13.9. The maximum atomic E-state index is 12.7. The lowest BCUT2D eigenvalue weighted by Gasteiger charge is -2.33. The molecule has 17 heavy (non-hydrogen) atoms. The summed E-state index contributed by atoms with van der Waals surface area (Å²) in [5.41, 5.74) is 0. The summed E-state index contributed by atoms with van der Waals surface area (Å²) in [6.45, 7) is 4.39. The van der Waals surface area contributed by atoms with E-state index in [1.54, 1.807) is 0 Å². The molecule has 0 aromatic carbocycles. The lowest BCUT2D eigenvalue weighted by molar-refractivity contribution is -0.197. The summed E-state index contributed by atoms with van der Waals surface area (Å²) in [6, 6.07) is 0. The monoisotopic (exact) mass is 374 g/mol. The lowest BCUT2D eigenvalue weighted by atomic mass is 9.89. The molecular weight excluding hydrogens is 361 g/mol. The van der Waals surface area contributed by atoms with Crippen LogP contribution in [0, 0.1) is 5.92 Å². The van der Waals surface area contributed by atoms with E-state index in [1.165, 1.54) is 6.92 Å². The van der Waals surface area contributed by atoms with Crippen molar-refractivity contribution < 1.29 is 26.3 Å². The van der Waals surface area contributed by atoms with Crippen molar-refractivity contribution in [1.29, 1.82) is 0 Å². The summed E-state index contributed by atoms with van der Waals surface area (Å²) < 4.78 is 73.4. The molecule has 0 rings (SSSR count). The number of allylic oxidation sites excluding steroid dienone is 1. The summed E-state index contributed by atoms with van der Waals surface area (Å²) in [5, 5.41) is 0. The van der Waals surface area contributed by atoms with E-state index in [9.17, 15) is 26.3 Å². The fourth-order valence-corrected chi connectivity index (χ4v) is 1.92. The first-order chi connectivity index (χ1) is 7.48. The highest BCUT2D eigenvalue weighted by molar-refractivity contribution is 14.1. The predicted molar refractivity (Wildman–Crippen MR) is 62.1 cm³/mol. The quantitative estimate of drug-likeness (QED) is 0.266. The second-order valence-electron chi connectivity index (χ2n) is 3.78. The minimum atomic E-state index is -4.65. The van der Waals surface area contributed by atoms with Gasteiger partial charge in [0.2, 0.25) is 0 Å². The second kappa shape index (κ2) is 5.79. The fourth-order valence-electron chi connectivity index (χ4n) is 1.38. The van der Waals surface area contributed by atoms with Gasteiger partial charge in [-0.3, -0.25) is 0 Å². The van der Waals surface area contributed by atoms with E-state index >= 15 is 0 Å². The Morgan fingerprint density at radius 1 is 1.18 bits per heavy atom. The van der Waals surface area contributed by atoms with Crippen molar-refractivity contribution in [3.63, 3.8) is 0 Å². The molecule has 0 heterocycles. The third-order valence-corrected chi connectivity index (χ3v) is 4.37. The summed E-state index contributed by atoms with van der Waals surface area (Å²) in [4.78, 5) is 0. The number of hydrogen-bond donors (Lipinski definition) is 0. The zero-order valence-corrected chi connectivity index (χ0v) is 11.3. The SMILES string of the molecule is C=CCC(CC(I)(CC)C(F)(F)F)C(F)(F)F. The lowest BCUT2D eigenvalue weighted by Crippen LogP contribution is -2.42. The van der Waals surface area contributed by atoms with Gasteiger partial charge in [0.15, 0.2) is 0 Å². The molecule has 0 aromatic heterocycles. The van der Waals surface area contributed by atoms with Crippen molar-refractivity contribution in [3.05, 3.63) is 12.7 Å². The minimum absolute atomic E-state index is 0.388. The maximum absolute atomic E-state index is 12.7. The molecule has 0 aromatic rings. The highest BCUT2D eigenvalue weighted by Gasteiger charge is 2.55. The van der Waals surface area contributed by atoms with Crippen molar-refractivity contribution in [3.8, 4) is 0 Å². The fraction of sp³-hybridized carbons (Fsp3) is 0.800. The van der Waals surface area contributed by atoms with Gasteiger partial charge in [-0.1, -0.05) is 35.6 Å². The van der Waals surface area contributed by atoms with Crippen molar-refractivity contribution in [2.45, 2.75) is 42.0 Å². The van der Waals surface area contributed by atoms with Gasteiger partial charge in [-0.2, -0.15) is 26.3 Å². The third kappa shape index (κ3) is 4.67. The van der Waals surface area contributed by atoms with Gasteiger partial charge in [-0.25, -0.2) is 0 Å². The smallest absolute Gasteiger partial charge is 0.171 e. The zero-order valence-electron chi connectivity index (χ0n) is 9.13. The highest BCUT2D eigenvalue weighted by atomic mass is 127. The van der Waals surface area contributed by atoms with E-state index in [4.69, 9.17) is 0 Å². The average molecular weight is 374 g/mol. The Labute approximate surface area is 110 Å². The average Bonchev–Trinajstić information content (AvgIpc) is 2.13. The van der Waals surface area contributed by atoms with Crippen LogP contribution in [0.25, 0.3) is 0 Å². The van der Waals surface area contributed by atoms with E-state index in [0.717, 1.165) is 28.7 Å². The van der Waals surface area contributed by atoms with Gasteiger partial charge in [0, 0.05) is 0 Å². The van der Waals surface area contributed by atoms with Gasteiger partial charge in [0.05, 0.1) is 5.92 Å². The number of halogens is 7. The van der Waals surface area contributed by atoms with Crippen LogP contribution in [-0.2, 0) is 0 Å². The Kier molecular flexibility index (Phi) is 5.81. The summed E-state index contributed by atoms with van der Waals surface area (Å²) in [5.74, 6) is -2.00. The molecule has 102 valence electrons. The molecule has 0 nitrogen and oxygen atoms in total. The molecule has 0 spiro atoms. The Morgan fingerprint density at radius 2 is 1.65 bits per heavy atom. The largest absolute Gasteiger partial charge is 0.403 e. The van der Waals surface area contributed by atoms with Crippen LogP contribution in [0.5, 0.6) is 0 Å². The summed E-state index contributed by atoms with van der Waals surface area (Å²) >= 11 is 1.08. The molecule has 0 fully saturated rings. The van der Waals surface area contributed by atoms with E-state index in [2.05, 4.69) is 6.58 Å². The van der Waals surface area contributed by atoms with Crippen LogP contribution < -0.4 is 0 Å². The van der Waals surface area contributed by atoms with Crippen molar-refractivity contribution >= 4 is 22.6 Å². The van der Waals surface area contributed by atoms with E-state index < -0.39 is 34.5 Å². The minimum Gasteiger partial charge on any atom is -0.171 e. The molecule has 7 heteroatoms. The molecule has 0 N–H and O–H groups in total. The van der Waals surface area contributed by atoms with Gasteiger partial charge in [0.25, 0.3) is 0 Å². The first kappa shape index (κ1) is 17.1. The van der Waals surface area contributed by atoms with E-state index in [-0.39, 0.29) is 6.42 Å². The first-order valence-corrected chi connectivity index (χ1v) is 5.99. The van der Waals surface area contributed by atoms with Crippen LogP contribution in [0.15, 0.2) is 12.7 Å². The van der Waals surface area contributed by atoms with Crippen LogP contribution >= 0.6 is 22.6 Å². The van der Waals surface area contributed by atoms with Crippen LogP contribution in [0.2, 0.25) is 0 Å². The van der Waals surface area contributed by atoms with Gasteiger partial charge in [0.1, 0.15) is 3.42 Å². The Morgan fingerprint density at radius 3 is 1.88 bits per heavy atom. The molecule has 0 amide bonds. The normalized spacial score (nSPS) is 18.6. The first-order valence-electron chi connectivity index (χ1n) is 4.91. The topological polar surface area (TPSA) is 0 Å². The molecule has 0 saturated heterocycles. The van der Waals surface area contributed by atoms with Crippen LogP contribution in [0.1, 0.15) is 26.2 Å². The van der Waals surface area contributed by atoms with Crippen LogP contribution in [0.3, 0.4) is 0 Å². The number of alkyl halides is 7. The molecule has 0 aliphatic heterocycles. The Hall–Kier alpha value is 0.0500. The maximum Gasteiger partial charge on any atom is 0.403 e. The highest BCUT2D eigenvalue weighted by Crippen LogP contribution is 2.48. The van der Waals surface area contributed by atoms with Crippen molar-refractivity contribution in [1.82, 2.24) is 0 Å². The Balaban J connectivity index is 5.02. The van der Waals surface area contributed by atoms with Crippen molar-refractivity contribution in [2.24, 2.45) is 5.92 Å². The van der Waals surface area contributed by atoms with Gasteiger partial charge in [-0.05, 0) is 19.3 Å². The standard InChI is InChI=1S/C10H13F6I/c1-3-5-7(9(11,12)13)6-8(17,4-2)10(14,15)16/h3,7H,1,4-6H2,2H3. The summed E-state index contributed by atoms with van der Waals surface area (Å²) in [6.07, 6.45) is -10.1. The molecule has 0 bridgehead atoms. The molecule has 0 aliphatic rings.